The normalized spacial score (nSPS) is 12.3. The topological polar surface area (TPSA) is 132 Å². The van der Waals surface area contributed by atoms with E-state index in [1.165, 1.54) is 14.2 Å². The summed E-state index contributed by atoms with van der Waals surface area (Å²) in [5, 5.41) is 12.7. The fourth-order valence-electron chi connectivity index (χ4n) is 2.88. The van der Waals surface area contributed by atoms with Gasteiger partial charge in [0.05, 0.1) is 49.9 Å². The van der Waals surface area contributed by atoms with Crippen LogP contribution in [0.4, 0.5) is 17.3 Å². The largest absolute Gasteiger partial charge is 0.497 e. The molecule has 3 N–H and O–H groups in total. The molecule has 0 bridgehead atoms. The Kier molecular flexibility index (Phi) is 7.21. The van der Waals surface area contributed by atoms with E-state index in [2.05, 4.69) is 20.0 Å². The van der Waals surface area contributed by atoms with Gasteiger partial charge in [-0.25, -0.2) is 18.4 Å². The molecule has 0 radical (unpaired) electrons. The Hall–Kier alpha value is -3.31. The molecular weight excluding hydrogens is 436 g/mol. The number of aliphatic hydroxyl groups excluding tert-OH is 1. The minimum Gasteiger partial charge on any atom is -0.497 e. The first-order valence-electron chi connectivity index (χ1n) is 9.78. The molecule has 0 fully saturated rings. The van der Waals surface area contributed by atoms with Crippen LogP contribution in [-0.4, -0.2) is 56.7 Å². The van der Waals surface area contributed by atoms with Gasteiger partial charge in [0, 0.05) is 18.6 Å². The van der Waals surface area contributed by atoms with Crippen molar-refractivity contribution >= 4 is 38.4 Å². The van der Waals surface area contributed by atoms with Gasteiger partial charge in [0.15, 0.2) is 23.1 Å². The van der Waals surface area contributed by atoms with Crippen molar-refractivity contribution in [2.75, 3.05) is 37.1 Å². The summed E-state index contributed by atoms with van der Waals surface area (Å²) >= 11 is 0. The maximum Gasteiger partial charge on any atom is 0.231 e. The molecule has 0 aliphatic carbocycles. The molecule has 2 aromatic carbocycles. The Morgan fingerprint density at radius 1 is 1.06 bits per heavy atom. The highest BCUT2D eigenvalue weighted by molar-refractivity contribution is 7.92. The van der Waals surface area contributed by atoms with Crippen LogP contribution in [0.25, 0.3) is 11.0 Å². The fraction of sp³-hybridized carbons (Fsp3) is 0.333. The van der Waals surface area contributed by atoms with E-state index in [0.717, 1.165) is 6.26 Å². The minimum atomic E-state index is -3.62. The van der Waals surface area contributed by atoms with Gasteiger partial charge in [0.1, 0.15) is 5.75 Å². The molecule has 3 aromatic rings. The summed E-state index contributed by atoms with van der Waals surface area (Å²) in [6, 6.07) is 10.4. The average Bonchev–Trinajstić information content (AvgIpc) is 2.73. The predicted octanol–water partition coefficient (Wildman–Crippen LogP) is 2.91. The van der Waals surface area contributed by atoms with Crippen molar-refractivity contribution in [3.05, 3.63) is 36.4 Å². The smallest absolute Gasteiger partial charge is 0.231 e. The molecule has 32 heavy (non-hydrogen) atoms. The zero-order valence-electron chi connectivity index (χ0n) is 18.2. The molecule has 10 nitrogen and oxygen atoms in total. The molecule has 0 saturated carbocycles. The van der Waals surface area contributed by atoms with Gasteiger partial charge in [-0.1, -0.05) is 12.1 Å². The number of fused-ring (bicyclic) bond motifs is 1. The van der Waals surface area contributed by atoms with Crippen LogP contribution in [0, 0.1) is 0 Å². The van der Waals surface area contributed by atoms with E-state index in [4.69, 9.17) is 14.2 Å². The lowest BCUT2D eigenvalue weighted by molar-refractivity contribution is 0.154. The predicted molar refractivity (Wildman–Crippen MR) is 123 cm³/mol. The van der Waals surface area contributed by atoms with Crippen molar-refractivity contribution in [2.24, 2.45) is 0 Å². The number of benzene rings is 2. The van der Waals surface area contributed by atoms with Gasteiger partial charge in [-0.3, -0.25) is 4.72 Å². The van der Waals surface area contributed by atoms with Crippen LogP contribution >= 0.6 is 0 Å². The monoisotopic (exact) mass is 462 g/mol. The summed E-state index contributed by atoms with van der Waals surface area (Å²) in [6.45, 7) is 1.90. The molecule has 11 heteroatoms. The van der Waals surface area contributed by atoms with Gasteiger partial charge in [-0.2, -0.15) is 0 Å². The lowest BCUT2D eigenvalue weighted by Gasteiger charge is -2.19. The quantitative estimate of drug-likeness (QED) is 0.416. The highest BCUT2D eigenvalue weighted by atomic mass is 32.2. The van der Waals surface area contributed by atoms with Crippen molar-refractivity contribution < 1.29 is 27.7 Å². The zero-order valence-corrected chi connectivity index (χ0v) is 19.1. The van der Waals surface area contributed by atoms with Crippen molar-refractivity contribution in [3.63, 3.8) is 0 Å². The molecule has 0 spiro atoms. The molecule has 0 amide bonds. The number of hydrogen-bond donors (Lipinski definition) is 3. The standard InChI is InChI=1S/C21H26N4O6S/c1-13(26)9-10-31-19-17(11-14(29-2)12-18(19)30-3)24-20-21(25-32(4,27)28)23-16-8-6-5-7-15(16)22-20/h5-8,11-13,26H,9-10H2,1-4H3,(H,22,24)(H,23,25). The maximum atomic E-state index is 11.9. The third-order valence-corrected chi connectivity index (χ3v) is 4.94. The highest BCUT2D eigenvalue weighted by Gasteiger charge is 2.19. The lowest BCUT2D eigenvalue weighted by atomic mass is 10.2. The number of aliphatic hydroxyl groups is 1. The molecule has 1 unspecified atom stereocenters. The van der Waals surface area contributed by atoms with Gasteiger partial charge in [-0.05, 0) is 19.1 Å². The number of methoxy groups -OCH3 is 2. The molecule has 0 aliphatic rings. The number of anilines is 3. The van der Waals surface area contributed by atoms with Crippen LogP contribution in [0.2, 0.25) is 0 Å². The summed E-state index contributed by atoms with van der Waals surface area (Å²) in [4.78, 5) is 8.94. The van der Waals surface area contributed by atoms with Crippen LogP contribution in [0.1, 0.15) is 13.3 Å². The van der Waals surface area contributed by atoms with E-state index in [-0.39, 0.29) is 18.2 Å². The Labute approximate surface area is 186 Å². The third-order valence-electron chi connectivity index (χ3n) is 4.37. The number of ether oxygens (including phenoxy) is 3. The number of nitrogens with one attached hydrogen (secondary N) is 2. The molecule has 1 heterocycles. The Morgan fingerprint density at radius 3 is 2.28 bits per heavy atom. The molecular formula is C21H26N4O6S. The fourth-order valence-corrected chi connectivity index (χ4v) is 3.37. The number of para-hydroxylation sites is 2. The Morgan fingerprint density at radius 2 is 1.72 bits per heavy atom. The average molecular weight is 463 g/mol. The summed E-state index contributed by atoms with van der Waals surface area (Å²) < 4.78 is 42.9. The summed E-state index contributed by atoms with van der Waals surface area (Å²) in [6.07, 6.45) is 0.908. The second kappa shape index (κ2) is 9.88. The van der Waals surface area contributed by atoms with Crippen molar-refractivity contribution in [1.82, 2.24) is 9.97 Å². The van der Waals surface area contributed by atoms with E-state index < -0.39 is 16.1 Å². The molecule has 172 valence electrons. The summed E-state index contributed by atoms with van der Waals surface area (Å²) in [5.74, 6) is 1.43. The SMILES string of the molecule is COc1cc(Nc2nc3ccccc3nc2NS(C)(=O)=O)c(OCCC(C)O)c(OC)c1. The van der Waals surface area contributed by atoms with E-state index in [1.807, 2.05) is 6.07 Å². The molecule has 1 aromatic heterocycles. The maximum absolute atomic E-state index is 11.9. The number of rotatable bonds is 10. The first-order chi connectivity index (χ1) is 15.2. The summed E-state index contributed by atoms with van der Waals surface area (Å²) in [5.41, 5.74) is 1.52. The second-order valence-electron chi connectivity index (χ2n) is 7.10. The number of nitrogens with zero attached hydrogens (tertiary/aromatic N) is 2. The molecule has 0 aliphatic heterocycles. The van der Waals surface area contributed by atoms with E-state index >= 15 is 0 Å². The Bertz CT molecular complexity index is 1200. The molecule has 0 saturated heterocycles. The van der Waals surface area contributed by atoms with Gasteiger partial charge < -0.3 is 24.6 Å². The molecule has 1 atom stereocenters. The van der Waals surface area contributed by atoms with Crippen LogP contribution in [0.5, 0.6) is 17.2 Å². The van der Waals surface area contributed by atoms with Crippen LogP contribution in [-0.2, 0) is 10.0 Å². The number of sulfonamides is 1. The first kappa shape index (κ1) is 23.4. The molecule has 3 rings (SSSR count). The van der Waals surface area contributed by atoms with Gasteiger partial charge in [0.2, 0.25) is 10.0 Å². The minimum absolute atomic E-state index is 0.0305. The second-order valence-corrected chi connectivity index (χ2v) is 8.85. The lowest BCUT2D eigenvalue weighted by Crippen LogP contribution is -2.14. The van der Waals surface area contributed by atoms with Crippen molar-refractivity contribution in [3.8, 4) is 17.2 Å². The van der Waals surface area contributed by atoms with Crippen molar-refractivity contribution in [2.45, 2.75) is 19.4 Å². The van der Waals surface area contributed by atoms with Crippen LogP contribution in [0.15, 0.2) is 36.4 Å². The van der Waals surface area contributed by atoms with Crippen molar-refractivity contribution in [1.29, 1.82) is 0 Å². The van der Waals surface area contributed by atoms with Crippen LogP contribution < -0.4 is 24.2 Å². The van der Waals surface area contributed by atoms with E-state index in [1.54, 1.807) is 37.3 Å². The van der Waals surface area contributed by atoms with Gasteiger partial charge >= 0.3 is 0 Å². The van der Waals surface area contributed by atoms with Gasteiger partial charge in [0.25, 0.3) is 0 Å². The zero-order chi connectivity index (χ0) is 23.3. The summed E-state index contributed by atoms with van der Waals surface area (Å²) in [7, 11) is -0.615. The van der Waals surface area contributed by atoms with Gasteiger partial charge in [-0.15, -0.1) is 0 Å². The van der Waals surface area contributed by atoms with E-state index in [0.29, 0.717) is 40.4 Å². The third kappa shape index (κ3) is 5.89. The number of aromatic nitrogens is 2. The first-order valence-corrected chi connectivity index (χ1v) is 11.7. The number of hydrogen-bond acceptors (Lipinski definition) is 9. The van der Waals surface area contributed by atoms with E-state index in [9.17, 15) is 13.5 Å². The van der Waals surface area contributed by atoms with Crippen LogP contribution in [0.3, 0.4) is 0 Å². The highest BCUT2D eigenvalue weighted by Crippen LogP contribution is 2.41. The Balaban J connectivity index is 2.10.